The molecule has 1 amide bonds. The van der Waals surface area contributed by atoms with Crippen molar-refractivity contribution < 1.29 is 4.79 Å². The molecule has 1 aromatic rings. The molecule has 3 nitrogen and oxygen atoms in total. The Morgan fingerprint density at radius 3 is 2.81 bits per heavy atom. The topological polar surface area (TPSA) is 42.0 Å². The molecule has 0 aliphatic carbocycles. The fourth-order valence-corrected chi connectivity index (χ4v) is 2.28. The third-order valence-corrected chi connectivity index (χ3v) is 3.49. The molecule has 4 heteroatoms. The van der Waals surface area contributed by atoms with E-state index in [2.05, 4.69) is 24.1 Å². The number of nitrogens with zero attached hydrogens (tertiary/aromatic N) is 1. The van der Waals surface area contributed by atoms with Crippen LogP contribution < -0.4 is 5.32 Å². The molecule has 0 saturated carbocycles. The minimum Gasteiger partial charge on any atom is -0.302 e. The summed E-state index contributed by atoms with van der Waals surface area (Å²) in [7, 11) is 0. The molecule has 0 spiro atoms. The maximum absolute atomic E-state index is 11.9. The third kappa shape index (κ3) is 3.93. The molecule has 0 bridgehead atoms. The fraction of sp³-hybridized carbons (Fsp3) is 0.667. The predicted molar refractivity (Wildman–Crippen MR) is 68.8 cm³/mol. The van der Waals surface area contributed by atoms with Crippen molar-refractivity contribution in [2.24, 2.45) is 5.92 Å². The summed E-state index contributed by atoms with van der Waals surface area (Å²) in [4.78, 5) is 16.1. The second-order valence-corrected chi connectivity index (χ2v) is 4.89. The SMILES string of the molecule is CCCC[C@@H](CC)C(=O)Nc1nc(C)cs1. The van der Waals surface area contributed by atoms with Gasteiger partial charge in [-0.05, 0) is 19.8 Å². The minimum absolute atomic E-state index is 0.116. The summed E-state index contributed by atoms with van der Waals surface area (Å²) >= 11 is 1.49. The first-order valence-corrected chi connectivity index (χ1v) is 6.78. The second kappa shape index (κ2) is 6.63. The molecule has 1 aromatic heterocycles. The largest absolute Gasteiger partial charge is 0.302 e. The summed E-state index contributed by atoms with van der Waals surface area (Å²) in [5.74, 6) is 0.245. The van der Waals surface area contributed by atoms with Crippen LogP contribution in [0.1, 0.15) is 45.2 Å². The lowest BCUT2D eigenvalue weighted by Crippen LogP contribution is -2.22. The standard InChI is InChI=1S/C12H20N2OS/c1-4-6-7-10(5-2)11(15)14-12-13-9(3)8-16-12/h8,10H,4-7H2,1-3H3,(H,13,14,15)/t10-/m1/s1. The van der Waals surface area contributed by atoms with Crippen molar-refractivity contribution in [3.05, 3.63) is 11.1 Å². The van der Waals surface area contributed by atoms with Crippen molar-refractivity contribution in [2.45, 2.75) is 46.5 Å². The molecule has 0 unspecified atom stereocenters. The molecule has 1 N–H and O–H groups in total. The lowest BCUT2D eigenvalue weighted by atomic mass is 9.99. The Kier molecular flexibility index (Phi) is 5.46. The average molecular weight is 240 g/mol. The molecule has 0 aromatic carbocycles. The van der Waals surface area contributed by atoms with Crippen LogP contribution in [-0.4, -0.2) is 10.9 Å². The van der Waals surface area contributed by atoms with E-state index >= 15 is 0 Å². The van der Waals surface area contributed by atoms with E-state index in [-0.39, 0.29) is 11.8 Å². The summed E-state index contributed by atoms with van der Waals surface area (Å²) in [5.41, 5.74) is 0.960. The van der Waals surface area contributed by atoms with E-state index in [1.165, 1.54) is 11.3 Å². The summed E-state index contributed by atoms with van der Waals surface area (Å²) in [6.07, 6.45) is 4.13. The van der Waals surface area contributed by atoms with E-state index < -0.39 is 0 Å². The zero-order valence-electron chi connectivity index (χ0n) is 10.2. The van der Waals surface area contributed by atoms with Crippen molar-refractivity contribution >= 4 is 22.4 Å². The molecule has 1 atom stereocenters. The van der Waals surface area contributed by atoms with Crippen molar-refractivity contribution in [3.8, 4) is 0 Å². The van der Waals surface area contributed by atoms with Crippen molar-refractivity contribution in [2.75, 3.05) is 5.32 Å². The minimum atomic E-state index is 0.116. The average Bonchev–Trinajstić information content (AvgIpc) is 2.65. The first kappa shape index (κ1) is 13.2. The molecule has 1 heterocycles. The third-order valence-electron chi connectivity index (χ3n) is 2.62. The number of aromatic nitrogens is 1. The van der Waals surface area contributed by atoms with E-state index in [1.807, 2.05) is 12.3 Å². The van der Waals surface area contributed by atoms with Gasteiger partial charge < -0.3 is 5.32 Å². The number of carbonyl (C=O) groups excluding carboxylic acids is 1. The normalized spacial score (nSPS) is 12.4. The zero-order valence-corrected chi connectivity index (χ0v) is 11.1. The molecule has 0 aliphatic rings. The number of anilines is 1. The van der Waals surface area contributed by atoms with E-state index in [4.69, 9.17) is 0 Å². The summed E-state index contributed by atoms with van der Waals surface area (Å²) < 4.78 is 0. The summed E-state index contributed by atoms with van der Waals surface area (Å²) in [5, 5.41) is 5.56. The molecule has 90 valence electrons. The molecule has 16 heavy (non-hydrogen) atoms. The highest BCUT2D eigenvalue weighted by molar-refractivity contribution is 7.13. The Morgan fingerprint density at radius 1 is 1.56 bits per heavy atom. The van der Waals surface area contributed by atoms with Gasteiger partial charge in [0.2, 0.25) is 5.91 Å². The Balaban J connectivity index is 2.49. The fourth-order valence-electron chi connectivity index (χ4n) is 1.59. The number of unbranched alkanes of at least 4 members (excludes halogenated alkanes) is 1. The van der Waals surface area contributed by atoms with Gasteiger partial charge in [-0.3, -0.25) is 4.79 Å². The number of hydrogen-bond donors (Lipinski definition) is 1. The second-order valence-electron chi connectivity index (χ2n) is 4.03. The van der Waals surface area contributed by atoms with Gasteiger partial charge in [0, 0.05) is 11.3 Å². The quantitative estimate of drug-likeness (QED) is 0.825. The van der Waals surface area contributed by atoms with Gasteiger partial charge in [0.05, 0.1) is 5.69 Å². The molecule has 0 radical (unpaired) electrons. The van der Waals surface area contributed by atoms with Crippen LogP contribution in [0.5, 0.6) is 0 Å². The van der Waals surface area contributed by atoms with Gasteiger partial charge >= 0.3 is 0 Å². The number of rotatable bonds is 6. The number of nitrogens with one attached hydrogen (secondary N) is 1. The monoisotopic (exact) mass is 240 g/mol. The van der Waals surface area contributed by atoms with E-state index in [0.29, 0.717) is 0 Å². The van der Waals surface area contributed by atoms with Crippen molar-refractivity contribution in [1.29, 1.82) is 0 Å². The maximum atomic E-state index is 11.9. The smallest absolute Gasteiger partial charge is 0.229 e. The predicted octanol–water partition coefficient (Wildman–Crippen LogP) is 3.61. The Labute approximate surface area is 101 Å². The van der Waals surface area contributed by atoms with Crippen molar-refractivity contribution in [1.82, 2.24) is 4.98 Å². The zero-order chi connectivity index (χ0) is 12.0. The van der Waals surface area contributed by atoms with Gasteiger partial charge in [-0.2, -0.15) is 0 Å². The van der Waals surface area contributed by atoms with Crippen LogP contribution in [-0.2, 0) is 4.79 Å². The van der Waals surface area contributed by atoms with Crippen LogP contribution >= 0.6 is 11.3 Å². The number of thiazole rings is 1. The van der Waals surface area contributed by atoms with Gasteiger partial charge in [0.25, 0.3) is 0 Å². The molecule has 0 saturated heterocycles. The maximum Gasteiger partial charge on any atom is 0.229 e. The van der Waals surface area contributed by atoms with Crippen LogP contribution in [0.3, 0.4) is 0 Å². The lowest BCUT2D eigenvalue weighted by Gasteiger charge is -2.12. The molecular formula is C12H20N2OS. The molecule has 0 fully saturated rings. The number of aryl methyl sites for hydroxylation is 1. The number of carbonyl (C=O) groups is 1. The highest BCUT2D eigenvalue weighted by atomic mass is 32.1. The summed E-state index contributed by atoms with van der Waals surface area (Å²) in [6.45, 7) is 6.14. The highest BCUT2D eigenvalue weighted by Gasteiger charge is 2.16. The van der Waals surface area contributed by atoms with E-state index in [0.717, 1.165) is 36.5 Å². The highest BCUT2D eigenvalue weighted by Crippen LogP contribution is 2.18. The van der Waals surface area contributed by atoms with Gasteiger partial charge in [-0.1, -0.05) is 26.7 Å². The van der Waals surface area contributed by atoms with Crippen LogP contribution in [0, 0.1) is 12.8 Å². The van der Waals surface area contributed by atoms with Gasteiger partial charge in [-0.15, -0.1) is 11.3 Å². The first-order valence-electron chi connectivity index (χ1n) is 5.90. The van der Waals surface area contributed by atoms with Crippen LogP contribution in [0.4, 0.5) is 5.13 Å². The van der Waals surface area contributed by atoms with E-state index in [1.54, 1.807) is 0 Å². The molecule has 0 aliphatic heterocycles. The summed E-state index contributed by atoms with van der Waals surface area (Å²) in [6, 6.07) is 0. The lowest BCUT2D eigenvalue weighted by molar-refractivity contribution is -0.120. The number of amides is 1. The van der Waals surface area contributed by atoms with E-state index in [9.17, 15) is 4.79 Å². The van der Waals surface area contributed by atoms with Crippen LogP contribution in [0.2, 0.25) is 0 Å². The van der Waals surface area contributed by atoms with Crippen molar-refractivity contribution in [3.63, 3.8) is 0 Å². The van der Waals surface area contributed by atoms with Crippen LogP contribution in [0.15, 0.2) is 5.38 Å². The Hall–Kier alpha value is -0.900. The molecule has 1 rings (SSSR count). The molecular weight excluding hydrogens is 220 g/mol. The van der Waals surface area contributed by atoms with Gasteiger partial charge in [0.1, 0.15) is 0 Å². The Bertz CT molecular complexity index is 336. The Morgan fingerprint density at radius 2 is 2.31 bits per heavy atom. The number of hydrogen-bond acceptors (Lipinski definition) is 3. The van der Waals surface area contributed by atoms with Gasteiger partial charge in [-0.25, -0.2) is 4.98 Å². The van der Waals surface area contributed by atoms with Crippen LogP contribution in [0.25, 0.3) is 0 Å². The van der Waals surface area contributed by atoms with Gasteiger partial charge in [0.15, 0.2) is 5.13 Å². The first-order chi connectivity index (χ1) is 7.67.